The molecule has 0 aliphatic rings. The van der Waals surface area contributed by atoms with Crippen molar-refractivity contribution in [3.05, 3.63) is 70.6 Å². The number of fused-ring (bicyclic) bond motifs is 1. The van der Waals surface area contributed by atoms with E-state index in [-0.39, 0.29) is 12.3 Å². The van der Waals surface area contributed by atoms with E-state index in [1.807, 2.05) is 22.6 Å². The van der Waals surface area contributed by atoms with E-state index in [0.29, 0.717) is 18.0 Å². The Labute approximate surface area is 168 Å². The van der Waals surface area contributed by atoms with Crippen molar-refractivity contribution in [2.75, 3.05) is 18.5 Å². The summed E-state index contributed by atoms with van der Waals surface area (Å²) in [6.07, 6.45) is 3.40. The van der Waals surface area contributed by atoms with Crippen LogP contribution in [0.25, 0.3) is 5.52 Å². The minimum Gasteiger partial charge on any atom is -0.499 e. The topological polar surface area (TPSA) is 80.0 Å². The van der Waals surface area contributed by atoms with Crippen molar-refractivity contribution in [1.82, 2.24) is 14.9 Å². The Balaban J connectivity index is 1.86. The molecule has 1 aromatic carbocycles. The number of hydrogen-bond donors (Lipinski definition) is 3. The Bertz CT molecular complexity index is 934. The molecule has 0 saturated carbocycles. The lowest BCUT2D eigenvalue weighted by Crippen LogP contribution is -2.24. The third kappa shape index (κ3) is 4.75. The van der Waals surface area contributed by atoms with Gasteiger partial charge < -0.3 is 15.2 Å². The second-order valence-electron chi connectivity index (χ2n) is 5.48. The van der Waals surface area contributed by atoms with Gasteiger partial charge >= 0.3 is 0 Å². The first-order chi connectivity index (χ1) is 13.1. The molecule has 142 valence electrons. The van der Waals surface area contributed by atoms with E-state index in [1.54, 1.807) is 41.2 Å². The van der Waals surface area contributed by atoms with Crippen LogP contribution < -0.4 is 10.8 Å². The van der Waals surface area contributed by atoms with Crippen LogP contribution in [0.4, 0.5) is 15.9 Å². The molecule has 7 nitrogen and oxygen atoms in total. The second-order valence-corrected chi connectivity index (χ2v) is 6.73. The lowest BCUT2D eigenvalue weighted by atomic mass is 10.2. The molecule has 0 radical (unpaired) electrons. The second kappa shape index (κ2) is 9.13. The van der Waals surface area contributed by atoms with Crippen LogP contribution in [0.15, 0.2) is 55.7 Å². The third-order valence-corrected chi connectivity index (χ3v) is 4.38. The highest BCUT2D eigenvalue weighted by atomic mass is 127. The minimum atomic E-state index is -1.16. The number of rotatable bonds is 9. The number of anilines is 2. The SMILES string of the molecule is C=COCCONC(O)c1ccc2cncn2c1Nc1ccc(I)cc1F. The summed E-state index contributed by atoms with van der Waals surface area (Å²) >= 11 is 2.04. The van der Waals surface area contributed by atoms with E-state index in [1.165, 1.54) is 12.3 Å². The average Bonchev–Trinajstić information content (AvgIpc) is 3.13. The summed E-state index contributed by atoms with van der Waals surface area (Å²) in [7, 11) is 0. The normalized spacial score (nSPS) is 12.1. The molecule has 0 bridgehead atoms. The highest BCUT2D eigenvalue weighted by Crippen LogP contribution is 2.28. The van der Waals surface area contributed by atoms with Gasteiger partial charge in [-0.2, -0.15) is 5.48 Å². The Morgan fingerprint density at radius 1 is 1.33 bits per heavy atom. The van der Waals surface area contributed by atoms with Crippen molar-refractivity contribution in [3.63, 3.8) is 0 Å². The molecule has 0 spiro atoms. The summed E-state index contributed by atoms with van der Waals surface area (Å²) in [6, 6.07) is 8.36. The van der Waals surface area contributed by atoms with Crippen molar-refractivity contribution in [2.45, 2.75) is 6.23 Å². The fourth-order valence-corrected chi connectivity index (χ4v) is 2.91. The molecule has 3 rings (SSSR count). The summed E-state index contributed by atoms with van der Waals surface area (Å²) in [6.45, 7) is 3.94. The van der Waals surface area contributed by atoms with Crippen molar-refractivity contribution in [2.24, 2.45) is 0 Å². The van der Waals surface area contributed by atoms with Crippen LogP contribution in [0.2, 0.25) is 0 Å². The summed E-state index contributed by atoms with van der Waals surface area (Å²) in [4.78, 5) is 9.29. The van der Waals surface area contributed by atoms with Gasteiger partial charge in [-0.3, -0.25) is 9.24 Å². The number of nitrogens with one attached hydrogen (secondary N) is 2. The van der Waals surface area contributed by atoms with Crippen molar-refractivity contribution in [3.8, 4) is 0 Å². The molecule has 0 aliphatic heterocycles. The van der Waals surface area contributed by atoms with Gasteiger partial charge in [0.15, 0.2) is 6.23 Å². The summed E-state index contributed by atoms with van der Waals surface area (Å²) in [5, 5.41) is 13.5. The zero-order valence-electron chi connectivity index (χ0n) is 14.2. The predicted molar refractivity (Wildman–Crippen MR) is 108 cm³/mol. The fraction of sp³-hybridized carbons (Fsp3) is 0.167. The number of imidazole rings is 1. The molecule has 3 aromatic rings. The number of halogens is 2. The maximum Gasteiger partial charge on any atom is 0.156 e. The largest absolute Gasteiger partial charge is 0.499 e. The van der Waals surface area contributed by atoms with Gasteiger partial charge in [-0.15, -0.1) is 0 Å². The Hall–Kier alpha value is -2.21. The van der Waals surface area contributed by atoms with E-state index in [0.717, 1.165) is 9.09 Å². The van der Waals surface area contributed by atoms with Gasteiger partial charge in [-0.25, -0.2) is 9.37 Å². The first-order valence-electron chi connectivity index (χ1n) is 8.05. The van der Waals surface area contributed by atoms with E-state index < -0.39 is 12.0 Å². The molecule has 1 atom stereocenters. The number of ether oxygens (including phenoxy) is 1. The van der Waals surface area contributed by atoms with Crippen LogP contribution in [0, 0.1) is 9.39 Å². The highest BCUT2D eigenvalue weighted by Gasteiger charge is 2.17. The molecule has 0 aliphatic carbocycles. The van der Waals surface area contributed by atoms with Crippen molar-refractivity contribution < 1.29 is 19.1 Å². The number of hydrogen-bond acceptors (Lipinski definition) is 6. The third-order valence-electron chi connectivity index (χ3n) is 3.71. The van der Waals surface area contributed by atoms with E-state index >= 15 is 0 Å². The number of pyridine rings is 1. The standard InChI is InChI=1S/C18H18FIN4O3/c1-2-26-7-8-27-23-18(25)14-5-4-13-10-21-11-24(13)17(14)22-16-6-3-12(20)9-15(16)19/h2-6,9-11,18,22-23,25H,1,7-8H2. The number of aliphatic hydroxyl groups excluding tert-OH is 1. The molecule has 9 heteroatoms. The molecule has 0 fully saturated rings. The quantitative estimate of drug-likeness (QED) is 0.142. The Kier molecular flexibility index (Phi) is 6.61. The van der Waals surface area contributed by atoms with Gasteiger partial charge in [0.05, 0.1) is 23.7 Å². The van der Waals surface area contributed by atoms with Crippen LogP contribution in [0.3, 0.4) is 0 Å². The number of nitrogens with zero attached hydrogens (tertiary/aromatic N) is 2. The smallest absolute Gasteiger partial charge is 0.156 e. The van der Waals surface area contributed by atoms with Crippen LogP contribution in [-0.4, -0.2) is 27.7 Å². The summed E-state index contributed by atoms with van der Waals surface area (Å²) in [5.41, 5.74) is 4.07. The number of hydroxylamine groups is 1. The minimum absolute atomic E-state index is 0.213. The molecule has 2 aromatic heterocycles. The molecule has 2 heterocycles. The molecular weight excluding hydrogens is 466 g/mol. The number of aliphatic hydroxyl groups is 1. The van der Waals surface area contributed by atoms with Gasteiger partial charge in [-0.1, -0.05) is 6.58 Å². The first kappa shape index (κ1) is 19.5. The Morgan fingerprint density at radius 2 is 2.19 bits per heavy atom. The fourth-order valence-electron chi connectivity index (χ4n) is 2.45. The lowest BCUT2D eigenvalue weighted by molar-refractivity contribution is -0.0685. The van der Waals surface area contributed by atoms with Gasteiger partial charge in [0.2, 0.25) is 0 Å². The molecule has 1 unspecified atom stereocenters. The van der Waals surface area contributed by atoms with Gasteiger partial charge in [0.25, 0.3) is 0 Å². The van der Waals surface area contributed by atoms with Crippen LogP contribution in [-0.2, 0) is 9.57 Å². The lowest BCUT2D eigenvalue weighted by Gasteiger charge is -2.19. The van der Waals surface area contributed by atoms with Crippen molar-refractivity contribution >= 4 is 39.6 Å². The summed E-state index contributed by atoms with van der Waals surface area (Å²) in [5.74, 6) is 0.0706. The zero-order valence-corrected chi connectivity index (χ0v) is 16.4. The average molecular weight is 484 g/mol. The van der Waals surface area contributed by atoms with E-state index in [2.05, 4.69) is 22.4 Å². The first-order valence-corrected chi connectivity index (χ1v) is 9.13. The predicted octanol–water partition coefficient (Wildman–Crippen LogP) is 3.49. The molecule has 27 heavy (non-hydrogen) atoms. The summed E-state index contributed by atoms with van der Waals surface area (Å²) < 4.78 is 21.7. The van der Waals surface area contributed by atoms with Crippen LogP contribution >= 0.6 is 22.6 Å². The highest BCUT2D eigenvalue weighted by molar-refractivity contribution is 14.1. The number of benzene rings is 1. The van der Waals surface area contributed by atoms with E-state index in [9.17, 15) is 9.50 Å². The maximum atomic E-state index is 14.3. The zero-order chi connectivity index (χ0) is 19.2. The number of aromatic nitrogens is 2. The van der Waals surface area contributed by atoms with Gasteiger partial charge in [-0.05, 0) is 52.9 Å². The van der Waals surface area contributed by atoms with E-state index in [4.69, 9.17) is 9.57 Å². The molecular formula is C18H18FIN4O3. The molecule has 0 saturated heterocycles. The van der Waals surface area contributed by atoms with Crippen LogP contribution in [0.5, 0.6) is 0 Å². The maximum absolute atomic E-state index is 14.3. The van der Waals surface area contributed by atoms with Crippen molar-refractivity contribution in [1.29, 1.82) is 0 Å². The Morgan fingerprint density at radius 3 is 2.96 bits per heavy atom. The van der Waals surface area contributed by atoms with Gasteiger partial charge in [0.1, 0.15) is 31.2 Å². The molecule has 3 N–H and O–H groups in total. The monoisotopic (exact) mass is 484 g/mol. The van der Waals surface area contributed by atoms with Crippen LogP contribution in [0.1, 0.15) is 11.8 Å². The van der Waals surface area contributed by atoms with Gasteiger partial charge in [0, 0.05) is 9.13 Å². The molecule has 0 amide bonds.